The van der Waals surface area contributed by atoms with Crippen molar-refractivity contribution in [2.75, 3.05) is 13.2 Å². The van der Waals surface area contributed by atoms with Gasteiger partial charge in [0, 0.05) is 12.8 Å². The van der Waals surface area contributed by atoms with E-state index in [9.17, 15) is 34.8 Å². The number of aliphatic carboxylic acids is 1. The van der Waals surface area contributed by atoms with Crippen LogP contribution in [0.3, 0.4) is 0 Å². The van der Waals surface area contributed by atoms with Gasteiger partial charge in [0.05, 0.1) is 6.61 Å². The highest BCUT2D eigenvalue weighted by atomic mass is 16.7. The summed E-state index contributed by atoms with van der Waals surface area (Å²) in [5, 5.41) is 39.6. The summed E-state index contributed by atoms with van der Waals surface area (Å²) in [5.74, 6) is -2.47. The molecule has 0 spiro atoms. The van der Waals surface area contributed by atoms with E-state index in [0.29, 0.717) is 12.8 Å². The second-order valence-electron chi connectivity index (χ2n) is 13.4. The number of aliphatic hydroxyl groups is 3. The zero-order valence-corrected chi connectivity index (χ0v) is 30.9. The van der Waals surface area contributed by atoms with Crippen LogP contribution in [0.15, 0.2) is 24.3 Å². The maximum Gasteiger partial charge on any atom is 0.335 e. The third-order valence-corrected chi connectivity index (χ3v) is 8.80. The lowest BCUT2D eigenvalue weighted by molar-refractivity contribution is -0.298. The van der Waals surface area contributed by atoms with E-state index in [1.54, 1.807) is 0 Å². The minimum Gasteiger partial charge on any atom is -0.479 e. The second kappa shape index (κ2) is 30.3. The van der Waals surface area contributed by atoms with E-state index >= 15 is 0 Å². The van der Waals surface area contributed by atoms with E-state index in [2.05, 4.69) is 38.2 Å². The van der Waals surface area contributed by atoms with Crippen molar-refractivity contribution in [2.24, 2.45) is 0 Å². The molecule has 0 radical (unpaired) electrons. The Labute approximate surface area is 300 Å². The van der Waals surface area contributed by atoms with Gasteiger partial charge in [0.25, 0.3) is 0 Å². The lowest BCUT2D eigenvalue weighted by atomic mass is 9.99. The zero-order chi connectivity index (χ0) is 36.8. The Morgan fingerprint density at radius 2 is 1.12 bits per heavy atom. The van der Waals surface area contributed by atoms with Crippen LogP contribution in [-0.2, 0) is 33.3 Å². The molecule has 0 amide bonds. The van der Waals surface area contributed by atoms with Crippen LogP contribution in [0.2, 0.25) is 0 Å². The number of hydrogen-bond donors (Lipinski definition) is 4. The van der Waals surface area contributed by atoms with Crippen LogP contribution in [0.1, 0.15) is 155 Å². The molecule has 1 heterocycles. The standard InChI is InChI=1S/C39H68O11/c1-3-5-7-9-11-13-14-15-16-17-18-20-21-23-25-27-32(40)47-29-31(49-33(41)28-26-24-22-19-12-10-8-6-4-2)30-48-39-36(44)34(42)35(43)37(50-39)38(45)46/h11,13,15-16,31,34-37,39,42-44H,3-10,12,14,17-30H2,1-2H3,(H,45,46)/b13-11-,16-15-. The number of hydrogen-bond acceptors (Lipinski definition) is 10. The molecule has 0 aromatic heterocycles. The summed E-state index contributed by atoms with van der Waals surface area (Å²) in [7, 11) is 0. The fourth-order valence-corrected chi connectivity index (χ4v) is 5.67. The first-order valence-electron chi connectivity index (χ1n) is 19.4. The zero-order valence-electron chi connectivity index (χ0n) is 30.9. The summed E-state index contributed by atoms with van der Waals surface area (Å²) < 4.78 is 21.6. The van der Waals surface area contributed by atoms with E-state index < -0.39 is 61.3 Å². The summed E-state index contributed by atoms with van der Waals surface area (Å²) in [6.45, 7) is 3.72. The molecule has 50 heavy (non-hydrogen) atoms. The average Bonchev–Trinajstić information content (AvgIpc) is 3.09. The molecule has 0 aromatic rings. The van der Waals surface area contributed by atoms with Gasteiger partial charge in [-0.2, -0.15) is 0 Å². The van der Waals surface area contributed by atoms with E-state index in [-0.39, 0.29) is 19.4 Å². The minimum absolute atomic E-state index is 0.181. The Morgan fingerprint density at radius 1 is 0.620 bits per heavy atom. The molecule has 0 aliphatic carbocycles. The van der Waals surface area contributed by atoms with Gasteiger partial charge < -0.3 is 39.4 Å². The molecular formula is C39H68O11. The lowest BCUT2D eigenvalue weighted by Gasteiger charge is -2.38. The van der Waals surface area contributed by atoms with Gasteiger partial charge in [0.2, 0.25) is 0 Å². The van der Waals surface area contributed by atoms with Crippen LogP contribution in [0, 0.1) is 0 Å². The third kappa shape index (κ3) is 22.5. The van der Waals surface area contributed by atoms with Gasteiger partial charge >= 0.3 is 17.9 Å². The maximum absolute atomic E-state index is 12.6. The molecule has 0 bridgehead atoms. The van der Waals surface area contributed by atoms with Crippen molar-refractivity contribution >= 4 is 17.9 Å². The molecule has 1 saturated heterocycles. The first kappa shape index (κ1) is 45.7. The Hall–Kier alpha value is -2.31. The number of allylic oxidation sites excluding steroid dienone is 4. The molecule has 1 fully saturated rings. The van der Waals surface area contributed by atoms with Crippen LogP contribution >= 0.6 is 0 Å². The van der Waals surface area contributed by atoms with Crippen LogP contribution < -0.4 is 0 Å². The summed E-state index contributed by atoms with van der Waals surface area (Å²) in [4.78, 5) is 36.5. The number of unbranched alkanes of at least 4 members (excludes halogenated alkanes) is 16. The Morgan fingerprint density at radius 3 is 1.70 bits per heavy atom. The van der Waals surface area contributed by atoms with Gasteiger partial charge in [-0.3, -0.25) is 9.59 Å². The number of carboxylic acid groups (broad SMARTS) is 1. The van der Waals surface area contributed by atoms with E-state index in [1.807, 2.05) is 0 Å². The molecule has 1 aliphatic heterocycles. The molecule has 290 valence electrons. The van der Waals surface area contributed by atoms with Gasteiger partial charge in [0.15, 0.2) is 18.5 Å². The van der Waals surface area contributed by atoms with Crippen molar-refractivity contribution in [3.8, 4) is 0 Å². The van der Waals surface area contributed by atoms with Gasteiger partial charge in [-0.25, -0.2) is 4.79 Å². The third-order valence-electron chi connectivity index (χ3n) is 8.80. The normalized spacial score (nSPS) is 21.5. The van der Waals surface area contributed by atoms with E-state index in [0.717, 1.165) is 64.2 Å². The summed E-state index contributed by atoms with van der Waals surface area (Å²) >= 11 is 0. The van der Waals surface area contributed by atoms with E-state index in [1.165, 1.54) is 51.4 Å². The molecule has 0 saturated carbocycles. The molecule has 4 N–H and O–H groups in total. The second-order valence-corrected chi connectivity index (χ2v) is 13.4. The van der Waals surface area contributed by atoms with Crippen molar-refractivity contribution in [3.63, 3.8) is 0 Å². The molecule has 11 heteroatoms. The number of aliphatic hydroxyl groups excluding tert-OH is 3. The van der Waals surface area contributed by atoms with Crippen LogP contribution in [-0.4, -0.2) is 88.4 Å². The number of carboxylic acids is 1. The van der Waals surface area contributed by atoms with Crippen molar-refractivity contribution in [1.82, 2.24) is 0 Å². The van der Waals surface area contributed by atoms with Gasteiger partial charge in [-0.15, -0.1) is 0 Å². The maximum atomic E-state index is 12.6. The Bertz CT molecular complexity index is 937. The summed E-state index contributed by atoms with van der Waals surface area (Å²) in [6.07, 6.45) is 21.1. The molecule has 6 unspecified atom stereocenters. The highest BCUT2D eigenvalue weighted by Gasteiger charge is 2.47. The molecular weight excluding hydrogens is 644 g/mol. The topological polar surface area (TPSA) is 169 Å². The van der Waals surface area contributed by atoms with Crippen LogP contribution in [0.5, 0.6) is 0 Å². The minimum atomic E-state index is -1.86. The van der Waals surface area contributed by atoms with Gasteiger partial charge in [-0.1, -0.05) is 122 Å². The van der Waals surface area contributed by atoms with E-state index in [4.69, 9.17) is 18.9 Å². The smallest absolute Gasteiger partial charge is 0.335 e. The molecule has 1 rings (SSSR count). The van der Waals surface area contributed by atoms with Crippen molar-refractivity contribution in [1.29, 1.82) is 0 Å². The number of carbonyl (C=O) groups is 3. The predicted molar refractivity (Wildman–Crippen MR) is 192 cm³/mol. The highest BCUT2D eigenvalue weighted by molar-refractivity contribution is 5.73. The average molecular weight is 713 g/mol. The number of esters is 2. The summed E-state index contributed by atoms with van der Waals surface area (Å²) in [6, 6.07) is 0. The van der Waals surface area contributed by atoms with Crippen LogP contribution in [0.25, 0.3) is 0 Å². The highest BCUT2D eigenvalue weighted by Crippen LogP contribution is 2.23. The van der Waals surface area contributed by atoms with Gasteiger partial charge in [0.1, 0.15) is 24.9 Å². The monoisotopic (exact) mass is 712 g/mol. The fraction of sp³-hybridized carbons (Fsp3) is 0.821. The van der Waals surface area contributed by atoms with Crippen LogP contribution in [0.4, 0.5) is 0 Å². The Kier molecular flexibility index (Phi) is 27.7. The predicted octanol–water partition coefficient (Wildman–Crippen LogP) is 7.08. The summed E-state index contributed by atoms with van der Waals surface area (Å²) in [5.41, 5.74) is 0. The fourth-order valence-electron chi connectivity index (χ4n) is 5.67. The quantitative estimate of drug-likeness (QED) is 0.0329. The number of rotatable bonds is 31. The number of ether oxygens (including phenoxy) is 4. The molecule has 6 atom stereocenters. The SMILES string of the molecule is CCCCC/C=C\C/C=C\CCCCCCCC(=O)OCC(COC1OC(C(=O)O)C(O)C(O)C1O)OC(=O)CCCCCCCCCCC. The Balaban J connectivity index is 2.43. The van der Waals surface area contributed by atoms with Crippen molar-refractivity contribution < 1.29 is 53.8 Å². The largest absolute Gasteiger partial charge is 0.479 e. The molecule has 1 aliphatic rings. The van der Waals surface area contributed by atoms with Gasteiger partial charge in [-0.05, 0) is 44.9 Å². The first-order valence-corrected chi connectivity index (χ1v) is 19.4. The van der Waals surface area contributed by atoms with Crippen molar-refractivity contribution in [3.05, 3.63) is 24.3 Å². The number of carbonyl (C=O) groups excluding carboxylic acids is 2. The molecule has 0 aromatic carbocycles. The first-order chi connectivity index (χ1) is 24.2. The lowest BCUT2D eigenvalue weighted by Crippen LogP contribution is -2.60. The molecule has 11 nitrogen and oxygen atoms in total. The van der Waals surface area contributed by atoms with Crippen molar-refractivity contribution in [2.45, 2.75) is 192 Å².